The number of anilines is 3. The third-order valence-corrected chi connectivity index (χ3v) is 13.2. The van der Waals surface area contributed by atoms with Crippen molar-refractivity contribution in [2.45, 2.75) is 0 Å². The van der Waals surface area contributed by atoms with Gasteiger partial charge in [0.2, 0.25) is 5.95 Å². The summed E-state index contributed by atoms with van der Waals surface area (Å²) < 4.78 is 7.57. The molecular formula is C45H26N4S3. The molecule has 0 saturated heterocycles. The average molecular weight is 719 g/mol. The predicted molar refractivity (Wildman–Crippen MR) is 224 cm³/mol. The highest BCUT2D eigenvalue weighted by Crippen LogP contribution is 2.42. The van der Waals surface area contributed by atoms with Crippen LogP contribution in [0, 0.1) is 0 Å². The highest BCUT2D eigenvalue weighted by Gasteiger charge is 2.21. The molecule has 0 amide bonds. The molecule has 7 heteroatoms. The summed E-state index contributed by atoms with van der Waals surface area (Å²) in [4.78, 5) is 18.0. The highest BCUT2D eigenvalue weighted by atomic mass is 32.1. The summed E-state index contributed by atoms with van der Waals surface area (Å²) in [6.45, 7) is 0. The van der Waals surface area contributed by atoms with Gasteiger partial charge in [0.15, 0.2) is 11.6 Å². The summed E-state index contributed by atoms with van der Waals surface area (Å²) >= 11 is 5.45. The van der Waals surface area contributed by atoms with Crippen LogP contribution in [0.5, 0.6) is 0 Å². The van der Waals surface area contributed by atoms with Crippen LogP contribution in [-0.2, 0) is 0 Å². The smallest absolute Gasteiger partial charge is 0.238 e. The van der Waals surface area contributed by atoms with Crippen molar-refractivity contribution in [3.05, 3.63) is 158 Å². The van der Waals surface area contributed by atoms with Gasteiger partial charge in [-0.05, 0) is 84.9 Å². The Morgan fingerprint density at radius 1 is 0.327 bits per heavy atom. The van der Waals surface area contributed by atoms with Gasteiger partial charge in [-0.3, -0.25) is 4.90 Å². The topological polar surface area (TPSA) is 41.9 Å². The van der Waals surface area contributed by atoms with Crippen LogP contribution in [0.1, 0.15) is 0 Å². The van der Waals surface area contributed by atoms with Crippen LogP contribution < -0.4 is 4.90 Å². The molecule has 4 heterocycles. The number of para-hydroxylation sites is 1. The van der Waals surface area contributed by atoms with Gasteiger partial charge in [0, 0.05) is 83.0 Å². The van der Waals surface area contributed by atoms with Gasteiger partial charge in [0.05, 0.1) is 0 Å². The molecule has 4 nitrogen and oxygen atoms in total. The van der Waals surface area contributed by atoms with E-state index in [1.807, 2.05) is 40.1 Å². The van der Waals surface area contributed by atoms with Crippen LogP contribution in [0.2, 0.25) is 0 Å². The second kappa shape index (κ2) is 11.8. The summed E-state index contributed by atoms with van der Waals surface area (Å²) in [5.74, 6) is 1.83. The number of hydrogen-bond donors (Lipinski definition) is 0. The Labute approximate surface area is 310 Å². The lowest BCUT2D eigenvalue weighted by atomic mass is 10.1. The molecule has 0 aliphatic carbocycles. The summed E-state index contributed by atoms with van der Waals surface area (Å²) in [5, 5.41) is 7.39. The lowest BCUT2D eigenvalue weighted by molar-refractivity contribution is 1.02. The van der Waals surface area contributed by atoms with Crippen molar-refractivity contribution in [3.8, 4) is 22.8 Å². The van der Waals surface area contributed by atoms with Crippen molar-refractivity contribution in [1.29, 1.82) is 0 Å². The van der Waals surface area contributed by atoms with Gasteiger partial charge in [-0.25, -0.2) is 4.98 Å². The summed E-state index contributed by atoms with van der Waals surface area (Å²) in [7, 11) is 0. The minimum absolute atomic E-state index is 0.565. The van der Waals surface area contributed by atoms with Crippen molar-refractivity contribution in [3.63, 3.8) is 0 Å². The second-order valence-electron chi connectivity index (χ2n) is 12.9. The molecule has 7 aromatic carbocycles. The van der Waals surface area contributed by atoms with Gasteiger partial charge in [-0.15, -0.1) is 34.0 Å². The minimum atomic E-state index is 0.565. The number of hydrogen-bond acceptors (Lipinski definition) is 7. The zero-order chi connectivity index (χ0) is 34.2. The molecule has 52 heavy (non-hydrogen) atoms. The molecule has 11 aromatic rings. The van der Waals surface area contributed by atoms with Gasteiger partial charge < -0.3 is 0 Å². The van der Waals surface area contributed by atoms with E-state index in [0.717, 1.165) is 22.5 Å². The first-order valence-corrected chi connectivity index (χ1v) is 19.5. The standard InChI is InChI=1S/C45H26N4S3/c1-2-10-29(11-3-1)49(30-20-23-42-36(26-30)33-14-6-9-17-39(33)52-42)45-47-43(27-18-21-40-34(24-27)31-12-4-7-15-37(31)50-40)46-44(48-45)28-19-22-41-35(25-28)32-13-5-8-16-38(32)51-41/h1-26H. The van der Waals surface area contributed by atoms with E-state index in [1.165, 1.54) is 60.5 Å². The Balaban J connectivity index is 1.17. The lowest BCUT2D eigenvalue weighted by Gasteiger charge is -2.24. The molecule has 0 bridgehead atoms. The number of aromatic nitrogens is 3. The minimum Gasteiger partial charge on any atom is -0.279 e. The van der Waals surface area contributed by atoms with Crippen LogP contribution in [0.15, 0.2) is 158 Å². The zero-order valence-electron chi connectivity index (χ0n) is 27.5. The van der Waals surface area contributed by atoms with Gasteiger partial charge in [0.25, 0.3) is 0 Å². The molecule has 0 unspecified atom stereocenters. The number of rotatable bonds is 5. The zero-order valence-corrected chi connectivity index (χ0v) is 30.0. The number of thiophene rings is 3. The van der Waals surface area contributed by atoms with E-state index in [0.29, 0.717) is 17.6 Å². The van der Waals surface area contributed by atoms with Crippen molar-refractivity contribution in [1.82, 2.24) is 15.0 Å². The summed E-state index contributed by atoms with van der Waals surface area (Å²) in [6, 6.07) is 56.1. The quantitative estimate of drug-likeness (QED) is 0.178. The Morgan fingerprint density at radius 2 is 0.750 bits per heavy atom. The van der Waals surface area contributed by atoms with Gasteiger partial charge in [-0.2, -0.15) is 9.97 Å². The van der Waals surface area contributed by atoms with E-state index >= 15 is 0 Å². The summed E-state index contributed by atoms with van der Waals surface area (Å²) in [6.07, 6.45) is 0. The fourth-order valence-electron chi connectivity index (χ4n) is 7.26. The Kier molecular flexibility index (Phi) is 6.73. The van der Waals surface area contributed by atoms with E-state index in [4.69, 9.17) is 15.0 Å². The molecule has 0 saturated carbocycles. The maximum absolute atomic E-state index is 5.30. The third-order valence-electron chi connectivity index (χ3n) is 9.73. The van der Waals surface area contributed by atoms with E-state index in [1.54, 1.807) is 0 Å². The van der Waals surface area contributed by atoms with Crippen LogP contribution in [0.4, 0.5) is 17.3 Å². The molecule has 0 N–H and O–H groups in total. The molecule has 0 atom stereocenters. The normalized spacial score (nSPS) is 11.8. The number of benzene rings is 7. The third kappa shape index (κ3) is 4.82. The first-order chi connectivity index (χ1) is 25.7. The molecule has 4 aromatic heterocycles. The molecule has 0 spiro atoms. The van der Waals surface area contributed by atoms with Crippen LogP contribution in [0.3, 0.4) is 0 Å². The predicted octanol–water partition coefficient (Wildman–Crippen LogP) is 13.8. The van der Waals surface area contributed by atoms with Crippen molar-refractivity contribution < 1.29 is 0 Å². The first-order valence-electron chi connectivity index (χ1n) is 17.1. The Bertz CT molecular complexity index is 3030. The molecule has 0 fully saturated rings. The van der Waals surface area contributed by atoms with Gasteiger partial charge in [0.1, 0.15) is 0 Å². The Morgan fingerprint density at radius 3 is 1.27 bits per heavy atom. The molecule has 11 rings (SSSR count). The van der Waals surface area contributed by atoms with E-state index in [9.17, 15) is 0 Å². The second-order valence-corrected chi connectivity index (χ2v) is 16.1. The fraction of sp³-hybridized carbons (Fsp3) is 0. The fourth-order valence-corrected chi connectivity index (χ4v) is 10.5. The lowest BCUT2D eigenvalue weighted by Crippen LogP contribution is -2.15. The average Bonchev–Trinajstić information content (AvgIpc) is 3.89. The molecule has 0 aliphatic rings. The molecule has 0 aliphatic heterocycles. The van der Waals surface area contributed by atoms with Crippen molar-refractivity contribution in [2.24, 2.45) is 0 Å². The molecule has 0 radical (unpaired) electrons. The van der Waals surface area contributed by atoms with Crippen molar-refractivity contribution >= 4 is 112 Å². The largest absolute Gasteiger partial charge is 0.279 e. The summed E-state index contributed by atoms with van der Waals surface area (Å²) in [5.41, 5.74) is 3.87. The van der Waals surface area contributed by atoms with E-state index < -0.39 is 0 Å². The van der Waals surface area contributed by atoms with Crippen LogP contribution >= 0.6 is 34.0 Å². The van der Waals surface area contributed by atoms with Crippen LogP contribution in [-0.4, -0.2) is 15.0 Å². The van der Waals surface area contributed by atoms with E-state index in [-0.39, 0.29) is 0 Å². The number of fused-ring (bicyclic) bond motifs is 9. The Hall–Kier alpha value is -5.99. The first kappa shape index (κ1) is 29.7. The van der Waals surface area contributed by atoms with E-state index in [2.05, 4.69) is 157 Å². The maximum Gasteiger partial charge on any atom is 0.238 e. The van der Waals surface area contributed by atoms with Crippen LogP contribution in [0.25, 0.3) is 83.3 Å². The number of nitrogens with zero attached hydrogens (tertiary/aromatic N) is 4. The highest BCUT2D eigenvalue weighted by molar-refractivity contribution is 7.26. The maximum atomic E-state index is 5.30. The van der Waals surface area contributed by atoms with Gasteiger partial charge >= 0.3 is 0 Å². The van der Waals surface area contributed by atoms with Crippen molar-refractivity contribution in [2.75, 3.05) is 4.90 Å². The molecular weight excluding hydrogens is 693 g/mol. The monoisotopic (exact) mass is 718 g/mol. The van der Waals surface area contributed by atoms with Gasteiger partial charge in [-0.1, -0.05) is 72.8 Å². The SMILES string of the molecule is c1ccc(N(c2ccc3sc4ccccc4c3c2)c2nc(-c3ccc4sc5ccccc5c4c3)nc(-c3ccc4sc5ccccc5c4c3)n2)cc1. The molecule has 244 valence electrons.